The van der Waals surface area contributed by atoms with Gasteiger partial charge < -0.3 is 99.5 Å². The third-order valence-electron chi connectivity index (χ3n) is 7.79. The molecule has 0 aromatic rings. The molecule has 252 valence electrons. The first-order chi connectivity index (χ1) is 20.3. The van der Waals surface area contributed by atoms with Gasteiger partial charge in [-0.15, -0.1) is 0 Å². The Kier molecular flexibility index (Phi) is 12.0. The zero-order chi connectivity index (χ0) is 31.7. The van der Waals surface area contributed by atoms with E-state index < -0.39 is 137 Å². The van der Waals surface area contributed by atoms with Crippen LogP contribution < -0.4 is 0 Å². The first-order valence-corrected chi connectivity index (χ1v) is 13.5. The van der Waals surface area contributed by atoms with Crippen molar-refractivity contribution >= 4 is 0 Å². The minimum Gasteiger partial charge on any atom is -0.394 e. The van der Waals surface area contributed by atoms with Crippen molar-refractivity contribution in [1.29, 1.82) is 0 Å². The molecule has 4 rings (SSSR count). The molecule has 43 heavy (non-hydrogen) atoms. The number of aliphatic hydroxyl groups excluding tert-OH is 13. The van der Waals surface area contributed by atoms with Gasteiger partial charge in [0.1, 0.15) is 91.6 Å². The third-order valence-corrected chi connectivity index (χ3v) is 7.79. The molecule has 0 aromatic carbocycles. The molecular weight excluding hydrogens is 596 g/mol. The van der Waals surface area contributed by atoms with Gasteiger partial charge in [0, 0.05) is 0 Å². The van der Waals surface area contributed by atoms with Crippen molar-refractivity contribution in [3.05, 3.63) is 0 Å². The molecule has 4 aliphatic heterocycles. The molecule has 0 bridgehead atoms. The highest BCUT2D eigenvalue weighted by atomic mass is 16.8. The van der Waals surface area contributed by atoms with Crippen molar-refractivity contribution in [3.63, 3.8) is 0 Å². The Morgan fingerprint density at radius 2 is 0.977 bits per heavy atom. The van der Waals surface area contributed by atoms with Crippen molar-refractivity contribution in [2.45, 2.75) is 117 Å². The molecule has 0 amide bonds. The summed E-state index contributed by atoms with van der Waals surface area (Å²) in [7, 11) is 0. The van der Waals surface area contributed by atoms with Gasteiger partial charge in [0.05, 0.1) is 26.4 Å². The Bertz CT molecular complexity index is 867. The molecule has 19 atom stereocenters. The van der Waals surface area contributed by atoms with Gasteiger partial charge in [-0.25, -0.2) is 0 Å². The Morgan fingerprint density at radius 1 is 0.488 bits per heavy atom. The Balaban J connectivity index is 1.41. The first kappa shape index (κ1) is 35.1. The van der Waals surface area contributed by atoms with E-state index in [0.717, 1.165) is 0 Å². The van der Waals surface area contributed by atoms with Gasteiger partial charge in [-0.1, -0.05) is 0 Å². The van der Waals surface area contributed by atoms with Crippen LogP contribution in [0.1, 0.15) is 0 Å². The highest BCUT2D eigenvalue weighted by Crippen LogP contribution is 2.32. The van der Waals surface area contributed by atoms with Crippen LogP contribution in [0.15, 0.2) is 0 Å². The van der Waals surface area contributed by atoms with Crippen LogP contribution in [0.3, 0.4) is 0 Å². The quantitative estimate of drug-likeness (QED) is 0.112. The van der Waals surface area contributed by atoms with Crippen molar-refractivity contribution in [1.82, 2.24) is 0 Å². The second-order valence-electron chi connectivity index (χ2n) is 10.7. The fourth-order valence-corrected chi connectivity index (χ4v) is 5.16. The Morgan fingerprint density at radius 3 is 1.56 bits per heavy atom. The molecule has 20 heteroatoms. The van der Waals surface area contributed by atoms with E-state index in [-0.39, 0.29) is 6.61 Å². The lowest BCUT2D eigenvalue weighted by Gasteiger charge is -2.48. The van der Waals surface area contributed by atoms with Crippen molar-refractivity contribution < 1.29 is 99.5 Å². The van der Waals surface area contributed by atoms with Crippen molar-refractivity contribution in [2.24, 2.45) is 0 Å². The summed E-state index contributed by atoms with van der Waals surface area (Å²) in [6, 6.07) is 0. The van der Waals surface area contributed by atoms with Gasteiger partial charge in [0.25, 0.3) is 0 Å². The maximum Gasteiger partial charge on any atom is 0.187 e. The van der Waals surface area contributed by atoms with E-state index in [4.69, 9.17) is 33.2 Å². The second kappa shape index (κ2) is 14.7. The molecule has 4 heterocycles. The SMILES string of the molecule is OC[C@H]1O[C@@H](O)[C@H](O)[C@@H](O)[C@@H]1O[C@@H]1O[C@H](CO)[C@@H](O[C@@H]2O[C@H](CO[C@H]3OC[C@@H](O)[C@H](O)[C@H]3O)[C@@H](O)[C@H](O)[C@H]2O)[C@H](O)[C@H]1O. The van der Waals surface area contributed by atoms with Gasteiger partial charge in [0.2, 0.25) is 0 Å². The summed E-state index contributed by atoms with van der Waals surface area (Å²) in [5, 5.41) is 132. The average Bonchev–Trinajstić information content (AvgIpc) is 2.99. The zero-order valence-corrected chi connectivity index (χ0v) is 22.5. The standard InChI is InChI=1S/C23H40O20/c24-1-6-18(12(30)14(32)20(36)39-6)42-23-17(35)13(31)19(7(2-25)40-23)43-22-16(34)11(29)10(28)8(41-22)4-38-21-15(33)9(27)5(26)3-37-21/h5-36H,1-4H2/t5-,6-,7-,8-,9+,10-,11+,12-,13-,14-,15-,16-,17-,18-,19-,20-,21-,22+,23+/m1/s1. The monoisotopic (exact) mass is 636 g/mol. The van der Waals surface area contributed by atoms with Crippen LogP contribution in [0.2, 0.25) is 0 Å². The number of rotatable bonds is 9. The van der Waals surface area contributed by atoms with Gasteiger partial charge in [-0.2, -0.15) is 0 Å². The van der Waals surface area contributed by atoms with E-state index >= 15 is 0 Å². The number of hydrogen-bond acceptors (Lipinski definition) is 20. The minimum atomic E-state index is -1.98. The van der Waals surface area contributed by atoms with Crippen molar-refractivity contribution in [2.75, 3.05) is 26.4 Å². The molecule has 20 nitrogen and oxygen atoms in total. The lowest BCUT2D eigenvalue weighted by Crippen LogP contribution is -2.66. The molecule has 0 unspecified atom stereocenters. The summed E-state index contributed by atoms with van der Waals surface area (Å²) in [4.78, 5) is 0. The summed E-state index contributed by atoms with van der Waals surface area (Å²) in [6.45, 7) is -2.65. The fraction of sp³-hybridized carbons (Fsp3) is 1.00. The normalized spacial score (nSPS) is 53.1. The van der Waals surface area contributed by atoms with Crippen LogP contribution in [0.5, 0.6) is 0 Å². The van der Waals surface area contributed by atoms with Crippen LogP contribution in [-0.4, -0.2) is 210 Å². The zero-order valence-electron chi connectivity index (χ0n) is 22.5. The average molecular weight is 637 g/mol. The van der Waals surface area contributed by atoms with Gasteiger partial charge >= 0.3 is 0 Å². The largest absolute Gasteiger partial charge is 0.394 e. The van der Waals surface area contributed by atoms with E-state index in [2.05, 4.69) is 0 Å². The summed E-state index contributed by atoms with van der Waals surface area (Å²) >= 11 is 0. The molecule has 0 saturated carbocycles. The van der Waals surface area contributed by atoms with Crippen molar-refractivity contribution in [3.8, 4) is 0 Å². The fourth-order valence-electron chi connectivity index (χ4n) is 5.16. The predicted molar refractivity (Wildman–Crippen MR) is 128 cm³/mol. The van der Waals surface area contributed by atoms with Gasteiger partial charge in [-0.3, -0.25) is 0 Å². The Labute approximate surface area is 243 Å². The van der Waals surface area contributed by atoms with Crippen LogP contribution >= 0.6 is 0 Å². The molecule has 0 aliphatic carbocycles. The smallest absolute Gasteiger partial charge is 0.187 e. The van der Waals surface area contributed by atoms with Crippen LogP contribution in [0, 0.1) is 0 Å². The van der Waals surface area contributed by atoms with Gasteiger partial charge in [0.15, 0.2) is 25.2 Å². The molecule has 0 radical (unpaired) electrons. The maximum atomic E-state index is 10.8. The highest BCUT2D eigenvalue weighted by Gasteiger charge is 2.53. The molecule has 0 spiro atoms. The lowest BCUT2D eigenvalue weighted by molar-refractivity contribution is -0.379. The minimum absolute atomic E-state index is 0.380. The predicted octanol–water partition coefficient (Wildman–Crippen LogP) is -9.11. The van der Waals surface area contributed by atoms with E-state index in [1.54, 1.807) is 0 Å². The van der Waals surface area contributed by atoms with Gasteiger partial charge in [-0.05, 0) is 0 Å². The highest BCUT2D eigenvalue weighted by molar-refractivity contribution is 4.96. The van der Waals surface area contributed by atoms with E-state index in [0.29, 0.717) is 0 Å². The molecular formula is C23H40O20. The summed E-state index contributed by atoms with van der Waals surface area (Å²) in [5.41, 5.74) is 0. The number of hydrogen-bond donors (Lipinski definition) is 13. The molecule has 13 N–H and O–H groups in total. The van der Waals surface area contributed by atoms with Crippen LogP contribution in [0.4, 0.5) is 0 Å². The van der Waals surface area contributed by atoms with Crippen LogP contribution in [-0.2, 0) is 33.2 Å². The summed E-state index contributed by atoms with van der Waals surface area (Å²) in [6.07, 6.45) is -32.5. The summed E-state index contributed by atoms with van der Waals surface area (Å²) < 4.78 is 37.4. The van der Waals surface area contributed by atoms with E-state index in [1.165, 1.54) is 0 Å². The topological polar surface area (TPSA) is 328 Å². The van der Waals surface area contributed by atoms with E-state index in [1.807, 2.05) is 0 Å². The van der Waals surface area contributed by atoms with E-state index in [9.17, 15) is 66.4 Å². The molecule has 0 aromatic heterocycles. The maximum absolute atomic E-state index is 10.8. The third kappa shape index (κ3) is 7.29. The summed E-state index contributed by atoms with van der Waals surface area (Å²) in [5.74, 6) is 0. The molecule has 4 saturated heterocycles. The number of ether oxygens (including phenoxy) is 7. The Hall–Kier alpha value is -0.800. The number of aliphatic hydroxyl groups is 13. The second-order valence-corrected chi connectivity index (χ2v) is 10.7. The van der Waals surface area contributed by atoms with Crippen LogP contribution in [0.25, 0.3) is 0 Å². The molecule has 4 fully saturated rings. The first-order valence-electron chi connectivity index (χ1n) is 13.5. The lowest BCUT2D eigenvalue weighted by atomic mass is 9.96. The molecule has 4 aliphatic rings.